The smallest absolute Gasteiger partial charge is 0.222 e. The highest BCUT2D eigenvalue weighted by Crippen LogP contribution is 2.27. The third-order valence-electron chi connectivity index (χ3n) is 2.55. The molecule has 0 saturated heterocycles. The Morgan fingerprint density at radius 3 is 2.67 bits per heavy atom. The van der Waals surface area contributed by atoms with Crippen molar-refractivity contribution in [1.82, 2.24) is 15.0 Å². The van der Waals surface area contributed by atoms with Gasteiger partial charge in [-0.1, -0.05) is 6.07 Å². The first-order valence-corrected chi connectivity index (χ1v) is 6.21. The number of thiazole rings is 1. The average Bonchev–Trinajstić information content (AvgIpc) is 2.66. The van der Waals surface area contributed by atoms with Crippen LogP contribution in [0.4, 0.5) is 11.8 Å². The lowest BCUT2D eigenvalue weighted by Crippen LogP contribution is -2.00. The van der Waals surface area contributed by atoms with E-state index in [0.717, 1.165) is 20.8 Å². The summed E-state index contributed by atoms with van der Waals surface area (Å²) in [6, 6.07) is 7.71. The Balaban J connectivity index is 2.18. The van der Waals surface area contributed by atoms with Gasteiger partial charge in [0.05, 0.1) is 20.9 Å². The fourth-order valence-electron chi connectivity index (χ4n) is 1.84. The summed E-state index contributed by atoms with van der Waals surface area (Å²) in [6.45, 7) is 1.99. The van der Waals surface area contributed by atoms with Gasteiger partial charge in [0.1, 0.15) is 5.82 Å². The quantitative estimate of drug-likeness (QED) is 0.697. The first-order valence-electron chi connectivity index (χ1n) is 5.39. The van der Waals surface area contributed by atoms with Gasteiger partial charge in [0.25, 0.3) is 0 Å². The molecule has 18 heavy (non-hydrogen) atoms. The second kappa shape index (κ2) is 3.92. The Bertz CT molecular complexity index is 714. The highest BCUT2D eigenvalue weighted by Gasteiger charge is 2.06. The lowest BCUT2D eigenvalue weighted by molar-refractivity contribution is 1.20. The van der Waals surface area contributed by atoms with Crippen LogP contribution in [-0.4, -0.2) is 15.0 Å². The molecule has 0 bridgehead atoms. The number of hydrogen-bond acceptors (Lipinski definition) is 6. The number of nitrogens with zero attached hydrogens (tertiary/aromatic N) is 3. The molecule has 4 N–H and O–H groups in total. The number of fused-ring (bicyclic) bond motifs is 1. The summed E-state index contributed by atoms with van der Waals surface area (Å²) < 4.78 is 1.16. The van der Waals surface area contributed by atoms with E-state index >= 15 is 0 Å². The maximum Gasteiger partial charge on any atom is 0.222 e. The molecule has 6 heteroatoms. The van der Waals surface area contributed by atoms with Gasteiger partial charge in [0, 0.05) is 11.6 Å². The Hall–Kier alpha value is -2.21. The molecule has 0 spiro atoms. The van der Waals surface area contributed by atoms with Crippen LogP contribution in [0.3, 0.4) is 0 Å². The maximum atomic E-state index is 5.67. The van der Waals surface area contributed by atoms with Crippen molar-refractivity contribution >= 4 is 33.3 Å². The largest absolute Gasteiger partial charge is 0.384 e. The summed E-state index contributed by atoms with van der Waals surface area (Å²) in [5.74, 6) is 0.548. The first-order chi connectivity index (χ1) is 8.61. The summed E-state index contributed by atoms with van der Waals surface area (Å²) in [7, 11) is 0. The van der Waals surface area contributed by atoms with Crippen molar-refractivity contribution in [3.8, 4) is 11.3 Å². The number of nitrogens with two attached hydrogens (primary N) is 2. The van der Waals surface area contributed by atoms with Crippen LogP contribution in [0.25, 0.3) is 21.5 Å². The average molecular weight is 257 g/mol. The highest BCUT2D eigenvalue weighted by molar-refractivity contribution is 7.18. The zero-order chi connectivity index (χ0) is 12.7. The van der Waals surface area contributed by atoms with Crippen LogP contribution in [0.5, 0.6) is 0 Å². The van der Waals surface area contributed by atoms with E-state index in [1.54, 1.807) is 17.4 Å². The molecule has 0 unspecified atom stereocenters. The van der Waals surface area contributed by atoms with Gasteiger partial charge in [-0.25, -0.2) is 9.97 Å². The molecule has 0 atom stereocenters. The lowest BCUT2D eigenvalue weighted by atomic mass is 10.1. The van der Waals surface area contributed by atoms with E-state index in [0.29, 0.717) is 11.5 Å². The molecule has 2 heterocycles. The van der Waals surface area contributed by atoms with Crippen LogP contribution in [0.2, 0.25) is 0 Å². The van der Waals surface area contributed by atoms with Crippen molar-refractivity contribution in [2.45, 2.75) is 6.92 Å². The zero-order valence-electron chi connectivity index (χ0n) is 9.71. The van der Waals surface area contributed by atoms with Crippen LogP contribution in [0, 0.1) is 6.92 Å². The molecule has 0 aliphatic carbocycles. The number of hydrogen-bond donors (Lipinski definition) is 2. The molecule has 0 radical (unpaired) electrons. The van der Waals surface area contributed by atoms with Gasteiger partial charge in [-0.3, -0.25) is 0 Å². The number of aromatic nitrogens is 3. The van der Waals surface area contributed by atoms with Crippen molar-refractivity contribution in [1.29, 1.82) is 0 Å². The van der Waals surface area contributed by atoms with Crippen LogP contribution < -0.4 is 11.5 Å². The second-order valence-corrected chi connectivity index (χ2v) is 5.19. The molecule has 0 amide bonds. The Labute approximate surface area is 108 Å². The van der Waals surface area contributed by atoms with E-state index in [-0.39, 0.29) is 5.95 Å². The van der Waals surface area contributed by atoms with Gasteiger partial charge in [-0.2, -0.15) is 4.98 Å². The fourth-order valence-corrected chi connectivity index (χ4v) is 2.64. The molecule has 0 aliphatic heterocycles. The molecule has 90 valence electrons. The summed E-state index contributed by atoms with van der Waals surface area (Å²) in [5.41, 5.74) is 13.9. The van der Waals surface area contributed by atoms with Gasteiger partial charge in [-0.05, 0) is 19.1 Å². The summed E-state index contributed by atoms with van der Waals surface area (Å²) in [6.07, 6.45) is 0. The number of aryl methyl sites for hydroxylation is 1. The Morgan fingerprint density at radius 1 is 1.06 bits per heavy atom. The first kappa shape index (κ1) is 10.9. The topological polar surface area (TPSA) is 90.7 Å². The van der Waals surface area contributed by atoms with Crippen molar-refractivity contribution in [2.24, 2.45) is 0 Å². The number of nitrogen functional groups attached to an aromatic ring is 2. The molecule has 0 aliphatic rings. The monoisotopic (exact) mass is 257 g/mol. The van der Waals surface area contributed by atoms with Gasteiger partial charge in [0.15, 0.2) is 0 Å². The second-order valence-electron chi connectivity index (χ2n) is 3.95. The minimum Gasteiger partial charge on any atom is -0.384 e. The van der Waals surface area contributed by atoms with Crippen LogP contribution in [0.1, 0.15) is 5.01 Å². The molecule has 3 aromatic rings. The third-order valence-corrected chi connectivity index (χ3v) is 3.51. The number of rotatable bonds is 1. The van der Waals surface area contributed by atoms with Gasteiger partial charge < -0.3 is 11.5 Å². The molecule has 2 aromatic heterocycles. The molecule has 0 fully saturated rings. The maximum absolute atomic E-state index is 5.67. The molecule has 5 nitrogen and oxygen atoms in total. The standard InChI is InChI=1S/C12H11N5S/c1-6-15-9-4-7(2-3-10(9)18-6)8-5-11(13)17-12(14)16-8/h2-5H,1H3,(H4,13,14,16,17). The minimum atomic E-state index is 0.180. The summed E-state index contributed by atoms with van der Waals surface area (Å²) in [5, 5.41) is 1.05. The summed E-state index contributed by atoms with van der Waals surface area (Å²) in [4.78, 5) is 12.5. The van der Waals surface area contributed by atoms with E-state index in [9.17, 15) is 0 Å². The van der Waals surface area contributed by atoms with E-state index < -0.39 is 0 Å². The normalized spacial score (nSPS) is 10.9. The van der Waals surface area contributed by atoms with Crippen LogP contribution in [-0.2, 0) is 0 Å². The molecule has 3 rings (SSSR count). The van der Waals surface area contributed by atoms with Crippen molar-refractivity contribution in [3.63, 3.8) is 0 Å². The SMILES string of the molecule is Cc1nc2cc(-c3cc(N)nc(N)n3)ccc2s1. The van der Waals surface area contributed by atoms with Gasteiger partial charge in [-0.15, -0.1) is 11.3 Å². The van der Waals surface area contributed by atoms with E-state index in [4.69, 9.17) is 11.5 Å². The predicted molar refractivity (Wildman–Crippen MR) is 74.2 cm³/mol. The van der Waals surface area contributed by atoms with E-state index in [1.807, 2.05) is 25.1 Å². The minimum absolute atomic E-state index is 0.180. The predicted octanol–water partition coefficient (Wildman–Crippen LogP) is 2.23. The molecule has 0 saturated carbocycles. The molecular formula is C12H11N5S. The van der Waals surface area contributed by atoms with Crippen molar-refractivity contribution in [2.75, 3.05) is 11.5 Å². The zero-order valence-corrected chi connectivity index (χ0v) is 10.5. The highest BCUT2D eigenvalue weighted by atomic mass is 32.1. The third kappa shape index (κ3) is 1.86. The number of anilines is 2. The lowest BCUT2D eigenvalue weighted by Gasteiger charge is -2.03. The number of benzene rings is 1. The van der Waals surface area contributed by atoms with Crippen LogP contribution >= 0.6 is 11.3 Å². The van der Waals surface area contributed by atoms with Gasteiger partial charge >= 0.3 is 0 Å². The van der Waals surface area contributed by atoms with Crippen LogP contribution in [0.15, 0.2) is 24.3 Å². The fraction of sp³-hybridized carbons (Fsp3) is 0.0833. The van der Waals surface area contributed by atoms with Crippen molar-refractivity contribution in [3.05, 3.63) is 29.3 Å². The molecular weight excluding hydrogens is 246 g/mol. The van der Waals surface area contributed by atoms with Crippen molar-refractivity contribution < 1.29 is 0 Å². The van der Waals surface area contributed by atoms with Gasteiger partial charge in [0.2, 0.25) is 5.95 Å². The molecule has 1 aromatic carbocycles. The van der Waals surface area contributed by atoms with E-state index in [2.05, 4.69) is 15.0 Å². The Morgan fingerprint density at radius 2 is 1.89 bits per heavy atom. The Kier molecular flexibility index (Phi) is 2.38. The van der Waals surface area contributed by atoms with E-state index in [1.165, 1.54) is 0 Å². The summed E-state index contributed by atoms with van der Waals surface area (Å²) >= 11 is 1.67.